The highest BCUT2D eigenvalue weighted by atomic mass is 32.2. The van der Waals surface area contributed by atoms with E-state index < -0.39 is 56.4 Å². The van der Waals surface area contributed by atoms with Gasteiger partial charge in [-0.1, -0.05) is 29.8 Å². The fourth-order valence-electron chi connectivity index (χ4n) is 5.63. The van der Waals surface area contributed by atoms with Crippen molar-refractivity contribution >= 4 is 15.8 Å². The van der Waals surface area contributed by atoms with Crippen LogP contribution < -0.4 is 4.74 Å². The summed E-state index contributed by atoms with van der Waals surface area (Å²) in [5, 5.41) is 9.76. The number of hydrogen-bond donors (Lipinski definition) is 1. The minimum Gasteiger partial charge on any atom is -0.496 e. The average molecular weight is 692 g/mol. The molecule has 3 aromatic carbocycles. The molecule has 13 heteroatoms. The molecule has 0 saturated heterocycles. The maximum absolute atomic E-state index is 15.2. The lowest BCUT2D eigenvalue weighted by Gasteiger charge is -2.25. The number of hydrogen-bond acceptors (Lipinski definition) is 8. The van der Waals surface area contributed by atoms with Gasteiger partial charge in [-0.05, 0) is 85.8 Å². The summed E-state index contributed by atoms with van der Waals surface area (Å²) >= 11 is 0. The number of aryl methyl sites for hydroxylation is 3. The molecule has 0 amide bonds. The molecule has 0 spiro atoms. The maximum Gasteiger partial charge on any atom is 0.449 e. The molecule has 0 atom stereocenters. The van der Waals surface area contributed by atoms with Gasteiger partial charge in [0.25, 0.3) is 0 Å². The fraction of sp³-hybridized carbons (Fsp3) is 0.343. The zero-order valence-electron chi connectivity index (χ0n) is 27.2. The van der Waals surface area contributed by atoms with Crippen molar-refractivity contribution in [3.05, 3.63) is 105 Å². The number of rotatable bonds is 13. The second kappa shape index (κ2) is 14.9. The summed E-state index contributed by atoms with van der Waals surface area (Å²) in [4.78, 5) is 13.3. The number of sulfone groups is 1. The second-order valence-corrected chi connectivity index (χ2v) is 13.4. The Morgan fingerprint density at radius 1 is 0.917 bits per heavy atom. The number of methoxy groups -OCH3 is 1. The molecular formula is C35H37F4NO7S. The Morgan fingerprint density at radius 3 is 2.19 bits per heavy atom. The van der Waals surface area contributed by atoms with Crippen LogP contribution in [0.3, 0.4) is 0 Å². The van der Waals surface area contributed by atoms with E-state index in [2.05, 4.69) is 0 Å². The van der Waals surface area contributed by atoms with E-state index in [0.29, 0.717) is 23.4 Å². The van der Waals surface area contributed by atoms with Crippen LogP contribution in [0.2, 0.25) is 0 Å². The van der Waals surface area contributed by atoms with Crippen LogP contribution in [0.1, 0.15) is 51.8 Å². The molecule has 1 aromatic heterocycles. The Hall–Kier alpha value is -4.20. The van der Waals surface area contributed by atoms with Gasteiger partial charge in [0.05, 0.1) is 31.8 Å². The van der Waals surface area contributed by atoms with Gasteiger partial charge in [-0.2, -0.15) is 13.2 Å². The Bertz CT molecular complexity index is 1880. The molecule has 0 saturated carbocycles. The smallest absolute Gasteiger partial charge is 0.449 e. The lowest BCUT2D eigenvalue weighted by molar-refractivity contribution is -0.153. The van der Waals surface area contributed by atoms with Gasteiger partial charge in [0, 0.05) is 24.2 Å². The first-order chi connectivity index (χ1) is 22.6. The van der Waals surface area contributed by atoms with Crippen LogP contribution >= 0.6 is 0 Å². The predicted molar refractivity (Wildman–Crippen MR) is 170 cm³/mol. The van der Waals surface area contributed by atoms with Crippen LogP contribution in [0.15, 0.2) is 63.9 Å². The SMILES string of the molecule is CCOC(=O)CS(=O)(=O)c1cc(-c2ccc(CN(Cc3ccc(C(F)(F)F)o3)Cc3c(C)cc(C)cc3C)c(OC)c2)cc(F)c1CO. The number of esters is 1. The van der Waals surface area contributed by atoms with Crippen molar-refractivity contribution in [2.75, 3.05) is 19.5 Å². The van der Waals surface area contributed by atoms with E-state index in [4.69, 9.17) is 13.9 Å². The van der Waals surface area contributed by atoms with E-state index in [-0.39, 0.29) is 31.0 Å². The normalized spacial score (nSPS) is 12.1. The minimum absolute atomic E-state index is 0.0421. The summed E-state index contributed by atoms with van der Waals surface area (Å²) in [5.74, 6) is -3.64. The summed E-state index contributed by atoms with van der Waals surface area (Å²) < 4.78 is 96.7. The Balaban J connectivity index is 1.72. The topological polar surface area (TPSA) is 106 Å². The molecule has 0 bridgehead atoms. The number of aliphatic hydroxyl groups is 1. The van der Waals surface area contributed by atoms with Crippen LogP contribution in [0.5, 0.6) is 5.75 Å². The number of benzene rings is 3. The van der Waals surface area contributed by atoms with Gasteiger partial charge in [0.2, 0.25) is 5.76 Å². The Kier molecular flexibility index (Phi) is 11.4. The van der Waals surface area contributed by atoms with E-state index in [0.717, 1.165) is 34.4 Å². The van der Waals surface area contributed by atoms with Crippen LogP contribution in [-0.2, 0) is 51.8 Å². The number of ether oxygens (including phenoxy) is 2. The first kappa shape index (κ1) is 36.6. The summed E-state index contributed by atoms with van der Waals surface area (Å²) in [6.45, 7) is 7.13. The van der Waals surface area contributed by atoms with Gasteiger partial charge < -0.3 is 19.0 Å². The van der Waals surface area contributed by atoms with E-state index in [1.807, 2.05) is 37.8 Å². The van der Waals surface area contributed by atoms with Crippen molar-refractivity contribution in [2.45, 2.75) is 65.0 Å². The van der Waals surface area contributed by atoms with Crippen LogP contribution in [0.25, 0.3) is 11.1 Å². The van der Waals surface area contributed by atoms with Crippen molar-refractivity contribution in [3.8, 4) is 16.9 Å². The van der Waals surface area contributed by atoms with E-state index in [1.165, 1.54) is 26.2 Å². The molecule has 0 fully saturated rings. The first-order valence-corrected chi connectivity index (χ1v) is 16.6. The minimum atomic E-state index is -4.63. The highest BCUT2D eigenvalue weighted by Gasteiger charge is 2.35. The zero-order chi connectivity index (χ0) is 35.4. The van der Waals surface area contributed by atoms with Crippen molar-refractivity contribution in [1.29, 1.82) is 0 Å². The van der Waals surface area contributed by atoms with Gasteiger partial charge in [0.15, 0.2) is 15.6 Å². The number of aliphatic hydroxyl groups excluding tert-OH is 1. The van der Waals surface area contributed by atoms with E-state index >= 15 is 4.39 Å². The molecule has 1 N–H and O–H groups in total. The Morgan fingerprint density at radius 2 is 1.60 bits per heavy atom. The average Bonchev–Trinajstić information content (AvgIpc) is 3.48. The largest absolute Gasteiger partial charge is 0.496 e. The molecule has 8 nitrogen and oxygen atoms in total. The Labute approximate surface area is 276 Å². The summed E-state index contributed by atoms with van der Waals surface area (Å²) in [6, 6.07) is 13.4. The molecule has 0 aliphatic carbocycles. The predicted octanol–water partition coefficient (Wildman–Crippen LogP) is 7.07. The van der Waals surface area contributed by atoms with Crippen molar-refractivity contribution in [3.63, 3.8) is 0 Å². The molecule has 0 unspecified atom stereocenters. The number of carbonyl (C=O) groups excluding carboxylic acids is 1. The van der Waals surface area contributed by atoms with Crippen molar-refractivity contribution < 1.29 is 49.8 Å². The third kappa shape index (κ3) is 8.63. The second-order valence-electron chi connectivity index (χ2n) is 11.5. The molecule has 258 valence electrons. The molecule has 4 rings (SSSR count). The molecule has 4 aromatic rings. The molecular weight excluding hydrogens is 654 g/mol. The lowest BCUT2D eigenvalue weighted by atomic mass is 9.98. The maximum atomic E-state index is 15.2. The number of alkyl halides is 3. The molecule has 0 radical (unpaired) electrons. The quantitative estimate of drug-likeness (QED) is 0.117. The van der Waals surface area contributed by atoms with Crippen LogP contribution in [0, 0.1) is 26.6 Å². The van der Waals surface area contributed by atoms with Crippen LogP contribution in [-0.4, -0.2) is 43.9 Å². The van der Waals surface area contributed by atoms with Crippen LogP contribution in [0.4, 0.5) is 17.6 Å². The van der Waals surface area contributed by atoms with Gasteiger partial charge >= 0.3 is 12.1 Å². The molecule has 48 heavy (non-hydrogen) atoms. The summed E-state index contributed by atoms with van der Waals surface area (Å²) in [6.07, 6.45) is -4.63. The monoisotopic (exact) mass is 691 g/mol. The van der Waals surface area contributed by atoms with Gasteiger partial charge in [-0.3, -0.25) is 9.69 Å². The molecule has 0 aliphatic rings. The van der Waals surface area contributed by atoms with Gasteiger partial charge in [-0.25, -0.2) is 12.8 Å². The fourth-order valence-corrected chi connectivity index (χ4v) is 7.02. The summed E-state index contributed by atoms with van der Waals surface area (Å²) in [5.41, 5.74) is 4.84. The highest BCUT2D eigenvalue weighted by Crippen LogP contribution is 2.34. The number of halogens is 4. The lowest BCUT2D eigenvalue weighted by Crippen LogP contribution is -2.23. The third-order valence-electron chi connectivity index (χ3n) is 7.82. The first-order valence-electron chi connectivity index (χ1n) is 15.0. The standard InChI is InChI=1S/C35H37F4NO7S/c1-6-46-34(42)20-48(43,44)32-15-26(13-30(36)29(32)19-41)24-7-8-25(31(14-24)45-5)16-40(17-27-9-10-33(47-27)35(37,38)39)18-28-22(3)11-21(2)12-23(28)4/h7-15,41H,6,16-20H2,1-5H3. The highest BCUT2D eigenvalue weighted by molar-refractivity contribution is 7.92. The zero-order valence-corrected chi connectivity index (χ0v) is 28.0. The van der Waals surface area contributed by atoms with Crippen molar-refractivity contribution in [2.24, 2.45) is 0 Å². The molecule has 1 heterocycles. The van der Waals surface area contributed by atoms with Gasteiger partial charge in [0.1, 0.15) is 17.3 Å². The number of carbonyl (C=O) groups is 1. The number of nitrogens with zero attached hydrogens (tertiary/aromatic N) is 1. The number of furan rings is 1. The van der Waals surface area contributed by atoms with E-state index in [9.17, 15) is 31.5 Å². The molecule has 0 aliphatic heterocycles. The van der Waals surface area contributed by atoms with Gasteiger partial charge in [-0.15, -0.1) is 0 Å². The third-order valence-corrected chi connectivity index (χ3v) is 9.47. The summed E-state index contributed by atoms with van der Waals surface area (Å²) in [7, 11) is -2.96. The van der Waals surface area contributed by atoms with Crippen molar-refractivity contribution in [1.82, 2.24) is 4.90 Å². The van der Waals surface area contributed by atoms with E-state index in [1.54, 1.807) is 18.2 Å².